The van der Waals surface area contributed by atoms with Crippen molar-refractivity contribution in [3.8, 4) is 0 Å². The van der Waals surface area contributed by atoms with Crippen LogP contribution >= 0.6 is 0 Å². The van der Waals surface area contributed by atoms with Crippen LogP contribution < -0.4 is 0 Å². The zero-order valence-electron chi connectivity index (χ0n) is 14.9. The maximum absolute atomic E-state index is 3.63. The van der Waals surface area contributed by atoms with Gasteiger partial charge in [-0.1, -0.05) is 124 Å². The average Bonchev–Trinajstić information content (AvgIpc) is 2.70. The number of allylic oxidation sites excluding steroid dienone is 3. The molecule has 2 aromatic rings. The van der Waals surface area contributed by atoms with E-state index in [1.54, 1.807) is 12.2 Å². The minimum atomic E-state index is 1.08. The van der Waals surface area contributed by atoms with Gasteiger partial charge >= 0.3 is 0 Å². The van der Waals surface area contributed by atoms with Crippen LogP contribution in [-0.4, -0.2) is 0 Å². The molecule has 0 unspecified atom stereocenters. The zero-order valence-corrected chi connectivity index (χ0v) is 14.9. The standard InChI is InChI=1S/2C8H8.C4H8.C4H6/c2*1-2-8-6-4-3-5-7-8;2*1-3-4-2/h2*2-7H,1H2;3H,1,4H2,2H3;3-4H,1-2H2. The van der Waals surface area contributed by atoms with Crippen LogP contribution in [0.15, 0.2) is 112 Å². The molecule has 0 saturated heterocycles. The predicted octanol–water partition coefficient (Wildman–Crippen LogP) is 7.60. The molecule has 2 rings (SSSR count). The Morgan fingerprint density at radius 3 is 1.04 bits per heavy atom. The van der Waals surface area contributed by atoms with Crippen LogP contribution in [0.4, 0.5) is 0 Å². The monoisotopic (exact) mass is 318 g/mol. The second-order valence-electron chi connectivity index (χ2n) is 4.40. The van der Waals surface area contributed by atoms with Crippen molar-refractivity contribution in [2.75, 3.05) is 0 Å². The van der Waals surface area contributed by atoms with Crippen molar-refractivity contribution in [2.24, 2.45) is 0 Å². The van der Waals surface area contributed by atoms with Crippen molar-refractivity contribution in [1.82, 2.24) is 0 Å². The largest absolute Gasteiger partial charge is 0.103 e. The molecule has 0 aliphatic carbocycles. The molecule has 0 saturated carbocycles. The minimum absolute atomic E-state index is 1.08. The van der Waals surface area contributed by atoms with Crippen LogP contribution in [0.25, 0.3) is 12.2 Å². The molecule has 0 fully saturated rings. The van der Waals surface area contributed by atoms with E-state index in [-0.39, 0.29) is 0 Å². The topological polar surface area (TPSA) is 0 Å². The lowest BCUT2D eigenvalue weighted by atomic mass is 10.2. The first-order chi connectivity index (χ1) is 11.7. The predicted molar refractivity (Wildman–Crippen MR) is 114 cm³/mol. The molecule has 0 heterocycles. The van der Waals surface area contributed by atoms with Crippen LogP contribution in [0.3, 0.4) is 0 Å². The fraction of sp³-hybridized carbons (Fsp3) is 0.0833. The van der Waals surface area contributed by atoms with E-state index in [9.17, 15) is 0 Å². The first-order valence-electron chi connectivity index (χ1n) is 7.89. The van der Waals surface area contributed by atoms with Crippen LogP contribution in [-0.2, 0) is 0 Å². The quantitative estimate of drug-likeness (QED) is 0.402. The van der Waals surface area contributed by atoms with Gasteiger partial charge in [0.25, 0.3) is 0 Å². The fourth-order valence-corrected chi connectivity index (χ4v) is 1.18. The first kappa shape index (κ1) is 23.4. The molecular weight excluding hydrogens is 288 g/mol. The summed E-state index contributed by atoms with van der Waals surface area (Å²) in [6.45, 7) is 19.5. The maximum atomic E-state index is 3.63. The lowest BCUT2D eigenvalue weighted by molar-refractivity contribution is 1.23. The van der Waals surface area contributed by atoms with Crippen molar-refractivity contribution in [1.29, 1.82) is 0 Å². The molecule has 2 aromatic carbocycles. The van der Waals surface area contributed by atoms with Gasteiger partial charge in [-0.2, -0.15) is 0 Å². The Bertz CT molecular complexity index is 498. The lowest BCUT2D eigenvalue weighted by Gasteiger charge is -1.85. The van der Waals surface area contributed by atoms with Gasteiger partial charge in [-0.15, -0.1) is 6.58 Å². The summed E-state index contributed by atoms with van der Waals surface area (Å²) < 4.78 is 0. The summed E-state index contributed by atoms with van der Waals surface area (Å²) in [6, 6.07) is 20.1. The lowest BCUT2D eigenvalue weighted by Crippen LogP contribution is -1.63. The molecule has 0 radical (unpaired) electrons. The van der Waals surface area contributed by atoms with Gasteiger partial charge in [0, 0.05) is 0 Å². The van der Waals surface area contributed by atoms with E-state index in [1.807, 2.05) is 78.9 Å². The van der Waals surface area contributed by atoms with E-state index in [0.29, 0.717) is 0 Å². The van der Waals surface area contributed by atoms with Crippen molar-refractivity contribution in [3.05, 3.63) is 123 Å². The highest BCUT2D eigenvalue weighted by atomic mass is 13.8. The Kier molecular flexibility index (Phi) is 19.6. The van der Waals surface area contributed by atoms with Gasteiger partial charge in [-0.3, -0.25) is 0 Å². The number of hydrogen-bond acceptors (Lipinski definition) is 0. The summed E-state index contributed by atoms with van der Waals surface area (Å²) >= 11 is 0. The highest BCUT2D eigenvalue weighted by Crippen LogP contribution is 1.98. The van der Waals surface area contributed by atoms with Crippen molar-refractivity contribution in [2.45, 2.75) is 13.3 Å². The van der Waals surface area contributed by atoms with Gasteiger partial charge in [0.05, 0.1) is 0 Å². The van der Waals surface area contributed by atoms with Gasteiger partial charge in [-0.25, -0.2) is 0 Å². The van der Waals surface area contributed by atoms with E-state index >= 15 is 0 Å². The Morgan fingerprint density at radius 2 is 0.917 bits per heavy atom. The second kappa shape index (κ2) is 20.1. The fourth-order valence-electron chi connectivity index (χ4n) is 1.18. The summed E-state index contributed by atoms with van der Waals surface area (Å²) in [6.07, 6.45) is 9.90. The van der Waals surface area contributed by atoms with Gasteiger partial charge in [-0.05, 0) is 17.5 Å². The molecule has 0 atom stereocenters. The molecule has 0 N–H and O–H groups in total. The number of benzene rings is 2. The molecule has 24 heavy (non-hydrogen) atoms. The van der Waals surface area contributed by atoms with Crippen LogP contribution in [0, 0.1) is 0 Å². The van der Waals surface area contributed by atoms with E-state index in [1.165, 1.54) is 11.1 Å². The summed E-state index contributed by atoms with van der Waals surface area (Å²) in [5.41, 5.74) is 2.35. The Morgan fingerprint density at radius 1 is 0.625 bits per heavy atom. The second-order valence-corrected chi connectivity index (χ2v) is 4.40. The van der Waals surface area contributed by atoms with Crippen LogP contribution in [0.2, 0.25) is 0 Å². The summed E-state index contributed by atoms with van der Waals surface area (Å²) in [4.78, 5) is 0. The van der Waals surface area contributed by atoms with E-state index in [4.69, 9.17) is 0 Å². The Balaban J connectivity index is 0. The third kappa shape index (κ3) is 17.2. The minimum Gasteiger partial charge on any atom is -0.103 e. The highest BCUT2D eigenvalue weighted by molar-refractivity contribution is 5.46. The molecule has 0 aliphatic rings. The van der Waals surface area contributed by atoms with Crippen molar-refractivity contribution >= 4 is 12.2 Å². The van der Waals surface area contributed by atoms with Gasteiger partial charge in [0.2, 0.25) is 0 Å². The highest BCUT2D eigenvalue weighted by Gasteiger charge is 1.76. The van der Waals surface area contributed by atoms with E-state index < -0.39 is 0 Å². The molecule has 0 bridgehead atoms. The maximum Gasteiger partial charge on any atom is -0.0263 e. The molecule has 0 heteroatoms. The molecular formula is C24H30. The number of hydrogen-bond donors (Lipinski definition) is 0. The Hall–Kier alpha value is -2.86. The van der Waals surface area contributed by atoms with Crippen molar-refractivity contribution < 1.29 is 0 Å². The zero-order chi connectivity index (χ0) is 18.5. The molecule has 0 aromatic heterocycles. The molecule has 0 nitrogen and oxygen atoms in total. The summed E-state index contributed by atoms with van der Waals surface area (Å²) in [5.74, 6) is 0. The normalized spacial score (nSPS) is 7.54. The summed E-state index contributed by atoms with van der Waals surface area (Å²) in [5, 5.41) is 0. The van der Waals surface area contributed by atoms with E-state index in [0.717, 1.165) is 6.42 Å². The van der Waals surface area contributed by atoms with Crippen LogP contribution in [0.1, 0.15) is 24.5 Å². The third-order valence-electron chi connectivity index (χ3n) is 2.53. The smallest absolute Gasteiger partial charge is 0.0263 e. The van der Waals surface area contributed by atoms with Crippen LogP contribution in [0.5, 0.6) is 0 Å². The van der Waals surface area contributed by atoms with Crippen molar-refractivity contribution in [3.63, 3.8) is 0 Å². The molecule has 126 valence electrons. The van der Waals surface area contributed by atoms with Gasteiger partial charge < -0.3 is 0 Å². The average molecular weight is 319 g/mol. The molecule has 0 aliphatic heterocycles. The third-order valence-corrected chi connectivity index (χ3v) is 2.53. The SMILES string of the molecule is C=CC=C.C=CCC.C=Cc1ccccc1.C=Cc1ccccc1. The first-order valence-corrected chi connectivity index (χ1v) is 7.89. The molecule has 0 amide bonds. The molecule has 0 spiro atoms. The van der Waals surface area contributed by atoms with Gasteiger partial charge in [0.15, 0.2) is 0 Å². The Labute approximate surface area is 148 Å². The summed E-state index contributed by atoms with van der Waals surface area (Å²) in [7, 11) is 0. The van der Waals surface area contributed by atoms with E-state index in [2.05, 4.69) is 39.8 Å². The van der Waals surface area contributed by atoms with Gasteiger partial charge in [0.1, 0.15) is 0 Å². The number of rotatable bonds is 4.